The van der Waals surface area contributed by atoms with Crippen LogP contribution in [0.2, 0.25) is 0 Å². The molecule has 31 heavy (non-hydrogen) atoms. The van der Waals surface area contributed by atoms with Crippen molar-refractivity contribution in [1.82, 2.24) is 14.7 Å². The van der Waals surface area contributed by atoms with Gasteiger partial charge in [-0.3, -0.25) is 4.68 Å². The molecule has 1 unspecified atom stereocenters. The molecule has 166 valence electrons. The van der Waals surface area contributed by atoms with Crippen molar-refractivity contribution < 1.29 is 19.1 Å². The number of benzene rings is 1. The Morgan fingerprint density at radius 2 is 2.03 bits per heavy atom. The summed E-state index contributed by atoms with van der Waals surface area (Å²) in [6.07, 6.45) is 1.43. The summed E-state index contributed by atoms with van der Waals surface area (Å²) in [6, 6.07) is 8.16. The number of amides is 1. The Labute approximate surface area is 187 Å². The van der Waals surface area contributed by atoms with Crippen molar-refractivity contribution in [2.45, 2.75) is 62.8 Å². The lowest BCUT2D eigenvalue weighted by Gasteiger charge is -2.35. The number of carbonyl (C=O) groups is 2. The molecule has 4 rings (SSSR count). The quantitative estimate of drug-likeness (QED) is 0.628. The number of nitrogens with zero attached hydrogens (tertiary/aromatic N) is 3. The maximum absolute atomic E-state index is 12.7. The Bertz CT molecular complexity index is 995. The van der Waals surface area contributed by atoms with Crippen LogP contribution < -0.4 is 0 Å². The third kappa shape index (κ3) is 4.44. The van der Waals surface area contributed by atoms with Crippen molar-refractivity contribution in [3.8, 4) is 11.3 Å². The van der Waals surface area contributed by atoms with Gasteiger partial charge in [0.15, 0.2) is 5.69 Å². The summed E-state index contributed by atoms with van der Waals surface area (Å²) in [5, 5.41) is 4.75. The normalized spacial score (nSPS) is 18.2. The SMILES string of the molecule is CCOC(=O)c1nn(C2CCCN(C(=O)OC(C)(C)C)C2)c2c1CSc1ccccc1-2. The highest BCUT2D eigenvalue weighted by Crippen LogP contribution is 2.44. The fraction of sp³-hybridized carbons (Fsp3) is 0.522. The number of fused-ring (bicyclic) bond motifs is 3. The minimum Gasteiger partial charge on any atom is -0.461 e. The molecule has 7 nitrogen and oxygen atoms in total. The number of rotatable bonds is 3. The smallest absolute Gasteiger partial charge is 0.410 e. The minimum absolute atomic E-state index is 0.0330. The van der Waals surface area contributed by atoms with Gasteiger partial charge in [0, 0.05) is 34.9 Å². The summed E-state index contributed by atoms with van der Waals surface area (Å²) < 4.78 is 12.8. The number of hydrogen-bond donors (Lipinski definition) is 0. The molecule has 1 fully saturated rings. The van der Waals surface area contributed by atoms with E-state index in [0.717, 1.165) is 29.7 Å². The van der Waals surface area contributed by atoms with E-state index < -0.39 is 11.6 Å². The number of hydrogen-bond acceptors (Lipinski definition) is 6. The molecular weight excluding hydrogens is 414 g/mol. The van der Waals surface area contributed by atoms with E-state index in [0.29, 0.717) is 31.1 Å². The van der Waals surface area contributed by atoms with Gasteiger partial charge in [-0.15, -0.1) is 11.8 Å². The Morgan fingerprint density at radius 1 is 1.26 bits per heavy atom. The first-order valence-corrected chi connectivity index (χ1v) is 11.8. The topological polar surface area (TPSA) is 73.7 Å². The van der Waals surface area contributed by atoms with E-state index in [9.17, 15) is 9.59 Å². The van der Waals surface area contributed by atoms with Crippen molar-refractivity contribution in [1.29, 1.82) is 0 Å². The molecule has 0 saturated carbocycles. The van der Waals surface area contributed by atoms with Crippen LogP contribution in [0.15, 0.2) is 29.2 Å². The maximum atomic E-state index is 12.7. The van der Waals surface area contributed by atoms with Gasteiger partial charge in [0.25, 0.3) is 0 Å². The van der Waals surface area contributed by atoms with E-state index in [2.05, 4.69) is 12.1 Å². The first-order valence-electron chi connectivity index (χ1n) is 10.8. The van der Waals surface area contributed by atoms with Crippen LogP contribution in [0.3, 0.4) is 0 Å². The lowest BCUT2D eigenvalue weighted by molar-refractivity contribution is 0.0166. The standard InChI is InChI=1S/C23H29N3O4S/c1-5-29-21(27)19-17-14-31-18-11-7-6-10-16(18)20(17)26(24-19)15-9-8-12-25(13-15)22(28)30-23(2,3)4/h6-7,10-11,15H,5,8-9,12-14H2,1-4H3. The molecule has 1 aromatic heterocycles. The predicted molar refractivity (Wildman–Crippen MR) is 119 cm³/mol. The van der Waals surface area contributed by atoms with Crippen molar-refractivity contribution in [3.05, 3.63) is 35.5 Å². The second kappa shape index (κ2) is 8.57. The maximum Gasteiger partial charge on any atom is 0.410 e. The van der Waals surface area contributed by atoms with Gasteiger partial charge in [-0.05, 0) is 46.6 Å². The van der Waals surface area contributed by atoms with Crippen molar-refractivity contribution >= 4 is 23.8 Å². The van der Waals surface area contributed by atoms with E-state index in [1.165, 1.54) is 4.90 Å². The monoisotopic (exact) mass is 443 g/mol. The molecule has 0 spiro atoms. The van der Waals surface area contributed by atoms with E-state index >= 15 is 0 Å². The van der Waals surface area contributed by atoms with E-state index in [-0.39, 0.29) is 12.1 Å². The molecule has 2 aromatic rings. The molecule has 3 heterocycles. The Kier molecular flexibility index (Phi) is 6.01. The lowest BCUT2D eigenvalue weighted by Crippen LogP contribution is -2.43. The van der Waals surface area contributed by atoms with E-state index in [1.807, 2.05) is 37.6 Å². The van der Waals surface area contributed by atoms with Gasteiger partial charge >= 0.3 is 12.1 Å². The predicted octanol–water partition coefficient (Wildman–Crippen LogP) is 4.90. The molecule has 2 aliphatic heterocycles. The van der Waals surface area contributed by atoms with Gasteiger partial charge in [0.1, 0.15) is 5.60 Å². The first kappa shape index (κ1) is 21.7. The third-order valence-electron chi connectivity index (χ3n) is 5.39. The van der Waals surface area contributed by atoms with Gasteiger partial charge < -0.3 is 14.4 Å². The zero-order valence-electron chi connectivity index (χ0n) is 18.5. The minimum atomic E-state index is -0.540. The Morgan fingerprint density at radius 3 is 2.77 bits per heavy atom. The molecule has 1 atom stereocenters. The van der Waals surface area contributed by atoms with Crippen LogP contribution in [-0.2, 0) is 15.2 Å². The van der Waals surface area contributed by atoms with Crippen LogP contribution in [-0.4, -0.2) is 52.0 Å². The van der Waals surface area contributed by atoms with Crippen LogP contribution in [0.4, 0.5) is 4.79 Å². The molecule has 0 aliphatic carbocycles. The molecule has 0 radical (unpaired) electrons. The number of ether oxygens (including phenoxy) is 2. The lowest BCUT2D eigenvalue weighted by atomic mass is 10.0. The fourth-order valence-corrected chi connectivity index (χ4v) is 5.17. The Hall–Kier alpha value is -2.48. The summed E-state index contributed by atoms with van der Waals surface area (Å²) in [7, 11) is 0. The molecule has 0 N–H and O–H groups in total. The van der Waals surface area contributed by atoms with Crippen molar-refractivity contribution in [2.24, 2.45) is 0 Å². The Balaban J connectivity index is 1.71. The molecule has 1 amide bonds. The first-order chi connectivity index (χ1) is 14.8. The van der Waals surface area contributed by atoms with Crippen LogP contribution in [0.1, 0.15) is 62.6 Å². The van der Waals surface area contributed by atoms with E-state index in [4.69, 9.17) is 14.6 Å². The molecule has 8 heteroatoms. The number of likely N-dealkylation sites (tertiary alicyclic amines) is 1. The van der Waals surface area contributed by atoms with Gasteiger partial charge in [-0.2, -0.15) is 5.10 Å². The third-order valence-corrected chi connectivity index (χ3v) is 6.49. The highest BCUT2D eigenvalue weighted by atomic mass is 32.2. The molecule has 2 aliphatic rings. The number of esters is 1. The average molecular weight is 444 g/mol. The fourth-order valence-electron chi connectivity index (χ4n) is 4.10. The summed E-state index contributed by atoms with van der Waals surface area (Å²) in [4.78, 5) is 28.3. The number of piperidine rings is 1. The number of thioether (sulfide) groups is 1. The van der Waals surface area contributed by atoms with Crippen molar-refractivity contribution in [2.75, 3.05) is 19.7 Å². The highest BCUT2D eigenvalue weighted by Gasteiger charge is 2.35. The average Bonchev–Trinajstić information content (AvgIpc) is 3.13. The van der Waals surface area contributed by atoms with Gasteiger partial charge in [0.05, 0.1) is 18.3 Å². The molecule has 1 saturated heterocycles. The summed E-state index contributed by atoms with van der Waals surface area (Å²) in [6.45, 7) is 8.88. The van der Waals surface area contributed by atoms with Gasteiger partial charge in [0.2, 0.25) is 0 Å². The molecule has 1 aromatic carbocycles. The van der Waals surface area contributed by atoms with Crippen LogP contribution >= 0.6 is 11.8 Å². The molecule has 0 bridgehead atoms. The van der Waals surface area contributed by atoms with Crippen molar-refractivity contribution in [3.63, 3.8) is 0 Å². The van der Waals surface area contributed by atoms with Gasteiger partial charge in [-0.25, -0.2) is 9.59 Å². The number of aromatic nitrogens is 2. The number of carbonyl (C=O) groups excluding carboxylic acids is 2. The summed E-state index contributed by atoms with van der Waals surface area (Å²) in [5.41, 5.74) is 2.80. The zero-order valence-corrected chi connectivity index (χ0v) is 19.3. The van der Waals surface area contributed by atoms with Crippen LogP contribution in [0.5, 0.6) is 0 Å². The highest BCUT2D eigenvalue weighted by molar-refractivity contribution is 7.98. The largest absolute Gasteiger partial charge is 0.461 e. The van der Waals surface area contributed by atoms with E-state index in [1.54, 1.807) is 23.6 Å². The summed E-state index contributed by atoms with van der Waals surface area (Å²) >= 11 is 1.71. The van der Waals surface area contributed by atoms with Crippen LogP contribution in [0.25, 0.3) is 11.3 Å². The second-order valence-electron chi connectivity index (χ2n) is 8.85. The second-order valence-corrected chi connectivity index (χ2v) is 9.87. The van der Waals surface area contributed by atoms with Gasteiger partial charge in [-0.1, -0.05) is 18.2 Å². The van der Waals surface area contributed by atoms with Crippen LogP contribution in [0, 0.1) is 0 Å². The summed E-state index contributed by atoms with van der Waals surface area (Å²) in [5.74, 6) is 0.278. The zero-order chi connectivity index (χ0) is 22.2. The molecular formula is C23H29N3O4S.